The SMILES string of the molecule is CCC(c1nccn1C[C@@H]1CCCN1C)N(C)C(=O)OC=O. The summed E-state index contributed by atoms with van der Waals surface area (Å²) in [6, 6.07) is 0.284. The van der Waals surface area contributed by atoms with Gasteiger partial charge >= 0.3 is 12.6 Å². The van der Waals surface area contributed by atoms with Crippen LogP contribution in [0.3, 0.4) is 0 Å². The van der Waals surface area contributed by atoms with Gasteiger partial charge in [0, 0.05) is 32.0 Å². The summed E-state index contributed by atoms with van der Waals surface area (Å²) in [6.07, 6.45) is 6.13. The van der Waals surface area contributed by atoms with Crippen molar-refractivity contribution in [3.8, 4) is 0 Å². The topological polar surface area (TPSA) is 67.7 Å². The zero-order chi connectivity index (χ0) is 16.1. The van der Waals surface area contributed by atoms with E-state index in [0.717, 1.165) is 18.9 Å². The number of hydrogen-bond donors (Lipinski definition) is 0. The van der Waals surface area contributed by atoms with Crippen molar-refractivity contribution in [3.63, 3.8) is 0 Å². The van der Waals surface area contributed by atoms with Crippen molar-refractivity contribution in [2.24, 2.45) is 0 Å². The lowest BCUT2D eigenvalue weighted by atomic mass is 10.1. The molecule has 122 valence electrons. The molecule has 1 fully saturated rings. The second kappa shape index (κ2) is 7.40. The average Bonchev–Trinajstić information content (AvgIpc) is 3.11. The average molecular weight is 308 g/mol. The van der Waals surface area contributed by atoms with E-state index in [1.807, 2.05) is 13.1 Å². The highest BCUT2D eigenvalue weighted by Crippen LogP contribution is 2.24. The lowest BCUT2D eigenvalue weighted by Gasteiger charge is -2.27. The molecule has 1 unspecified atom stereocenters. The summed E-state index contributed by atoms with van der Waals surface area (Å²) in [5.41, 5.74) is 0. The molecule has 1 amide bonds. The number of likely N-dealkylation sites (tertiary alicyclic amines) is 1. The minimum Gasteiger partial charge on any atom is -0.379 e. The minimum absolute atomic E-state index is 0.158. The molecule has 2 atom stereocenters. The quantitative estimate of drug-likeness (QED) is 0.590. The molecule has 1 aromatic rings. The van der Waals surface area contributed by atoms with Gasteiger partial charge in [-0.2, -0.15) is 0 Å². The number of carbonyl (C=O) groups is 2. The Labute approximate surface area is 130 Å². The summed E-state index contributed by atoms with van der Waals surface area (Å²) in [5, 5.41) is 0. The van der Waals surface area contributed by atoms with Crippen LogP contribution in [0.1, 0.15) is 38.1 Å². The fourth-order valence-electron chi connectivity index (χ4n) is 3.09. The number of hydrogen-bond acceptors (Lipinski definition) is 5. The largest absolute Gasteiger partial charge is 0.417 e. The summed E-state index contributed by atoms with van der Waals surface area (Å²) < 4.78 is 6.54. The first-order valence-corrected chi connectivity index (χ1v) is 7.66. The van der Waals surface area contributed by atoms with Crippen molar-refractivity contribution in [2.75, 3.05) is 20.6 Å². The van der Waals surface area contributed by atoms with Gasteiger partial charge in [0.25, 0.3) is 0 Å². The predicted molar refractivity (Wildman–Crippen MR) is 81.2 cm³/mol. The lowest BCUT2D eigenvalue weighted by molar-refractivity contribution is -0.124. The van der Waals surface area contributed by atoms with Gasteiger partial charge in [0.15, 0.2) is 0 Å². The maximum Gasteiger partial charge on any atom is 0.417 e. The Bertz CT molecular complexity index is 517. The van der Waals surface area contributed by atoms with Crippen LogP contribution in [0.4, 0.5) is 4.79 Å². The number of imidazole rings is 1. The molecule has 7 heteroatoms. The van der Waals surface area contributed by atoms with Crippen molar-refractivity contribution in [3.05, 3.63) is 18.2 Å². The Morgan fingerprint density at radius 2 is 2.41 bits per heavy atom. The van der Waals surface area contributed by atoms with Gasteiger partial charge < -0.3 is 19.1 Å². The third kappa shape index (κ3) is 3.47. The van der Waals surface area contributed by atoms with Crippen LogP contribution in [-0.2, 0) is 16.1 Å². The first kappa shape index (κ1) is 16.5. The van der Waals surface area contributed by atoms with Gasteiger partial charge in [-0.3, -0.25) is 4.79 Å². The van der Waals surface area contributed by atoms with E-state index in [9.17, 15) is 9.59 Å². The molecule has 2 heterocycles. The Morgan fingerprint density at radius 3 is 3.00 bits per heavy atom. The summed E-state index contributed by atoms with van der Waals surface area (Å²) in [7, 11) is 3.76. The molecule has 0 spiro atoms. The molecule has 7 nitrogen and oxygen atoms in total. The third-order valence-electron chi connectivity index (χ3n) is 4.42. The Kier molecular flexibility index (Phi) is 5.54. The fraction of sp³-hybridized carbons (Fsp3) is 0.667. The van der Waals surface area contributed by atoms with Gasteiger partial charge in [-0.05, 0) is 32.9 Å². The number of likely N-dealkylation sites (N-methyl/N-ethyl adjacent to an activating group) is 1. The zero-order valence-corrected chi connectivity index (χ0v) is 13.4. The summed E-state index contributed by atoms with van der Waals surface area (Å²) >= 11 is 0. The summed E-state index contributed by atoms with van der Waals surface area (Å²) in [5.74, 6) is 0.827. The molecule has 1 aliphatic rings. The predicted octanol–water partition coefficient (Wildman–Crippen LogP) is 1.65. The molecule has 0 aromatic carbocycles. The number of carbonyl (C=O) groups excluding carboxylic acids is 2. The van der Waals surface area contributed by atoms with E-state index >= 15 is 0 Å². The second-order valence-electron chi connectivity index (χ2n) is 5.73. The molecule has 0 N–H and O–H groups in total. The summed E-state index contributed by atoms with van der Waals surface area (Å²) in [4.78, 5) is 30.3. The van der Waals surface area contributed by atoms with Crippen molar-refractivity contribution in [1.29, 1.82) is 0 Å². The standard InChI is InChI=1S/C15H24N4O3/c1-4-13(18(3)15(21)22-11-20)14-16-7-9-19(14)10-12-6-5-8-17(12)2/h7,9,11-13H,4-6,8,10H2,1-3H3/t12-,13?/m0/s1. The molecule has 1 aromatic heterocycles. The second-order valence-corrected chi connectivity index (χ2v) is 5.73. The van der Waals surface area contributed by atoms with E-state index in [2.05, 4.69) is 26.2 Å². The van der Waals surface area contributed by atoms with Gasteiger partial charge in [-0.15, -0.1) is 0 Å². The van der Waals surface area contributed by atoms with Crippen molar-refractivity contribution >= 4 is 12.6 Å². The van der Waals surface area contributed by atoms with Crippen LogP contribution in [-0.4, -0.2) is 58.6 Å². The number of nitrogens with zero attached hydrogens (tertiary/aromatic N) is 4. The van der Waals surface area contributed by atoms with Crippen LogP contribution in [0.25, 0.3) is 0 Å². The van der Waals surface area contributed by atoms with E-state index < -0.39 is 6.09 Å². The van der Waals surface area contributed by atoms with Crippen molar-refractivity contribution in [1.82, 2.24) is 19.4 Å². The van der Waals surface area contributed by atoms with Crippen molar-refractivity contribution < 1.29 is 14.3 Å². The van der Waals surface area contributed by atoms with Gasteiger partial charge in [-0.25, -0.2) is 9.78 Å². The van der Waals surface area contributed by atoms with E-state index in [-0.39, 0.29) is 12.5 Å². The highest BCUT2D eigenvalue weighted by Gasteiger charge is 2.27. The maximum atomic E-state index is 11.8. The Morgan fingerprint density at radius 1 is 1.64 bits per heavy atom. The molecule has 0 aliphatic carbocycles. The van der Waals surface area contributed by atoms with Gasteiger partial charge in [0.1, 0.15) is 5.82 Å². The smallest absolute Gasteiger partial charge is 0.379 e. The molecule has 2 rings (SSSR count). The van der Waals surface area contributed by atoms with Gasteiger partial charge in [-0.1, -0.05) is 6.92 Å². The fourth-order valence-corrected chi connectivity index (χ4v) is 3.09. The first-order chi connectivity index (χ1) is 10.6. The van der Waals surface area contributed by atoms with E-state index in [1.165, 1.54) is 17.7 Å². The number of amides is 1. The van der Waals surface area contributed by atoms with Crippen LogP contribution in [0.2, 0.25) is 0 Å². The van der Waals surface area contributed by atoms with E-state index in [4.69, 9.17) is 0 Å². The van der Waals surface area contributed by atoms with Crippen LogP contribution in [0.5, 0.6) is 0 Å². The molecule has 1 aliphatic heterocycles. The van der Waals surface area contributed by atoms with Crippen molar-refractivity contribution in [2.45, 2.75) is 44.8 Å². The maximum absolute atomic E-state index is 11.8. The van der Waals surface area contributed by atoms with E-state index in [0.29, 0.717) is 12.5 Å². The van der Waals surface area contributed by atoms with E-state index in [1.54, 1.807) is 13.2 Å². The van der Waals surface area contributed by atoms with Crippen LogP contribution in [0.15, 0.2) is 12.4 Å². The lowest BCUT2D eigenvalue weighted by Crippen LogP contribution is -2.35. The highest BCUT2D eigenvalue weighted by atomic mass is 16.6. The number of aromatic nitrogens is 2. The van der Waals surface area contributed by atoms with Crippen LogP contribution >= 0.6 is 0 Å². The normalized spacial score (nSPS) is 19.9. The van der Waals surface area contributed by atoms with Gasteiger partial charge in [0.2, 0.25) is 0 Å². The summed E-state index contributed by atoms with van der Waals surface area (Å²) in [6.45, 7) is 4.12. The molecule has 1 saturated heterocycles. The van der Waals surface area contributed by atoms with Crippen LogP contribution in [0, 0.1) is 0 Å². The first-order valence-electron chi connectivity index (χ1n) is 7.66. The number of ether oxygens (including phenoxy) is 1. The monoisotopic (exact) mass is 308 g/mol. The molecule has 0 bridgehead atoms. The molecular formula is C15H24N4O3. The Hall–Kier alpha value is -1.89. The third-order valence-corrected chi connectivity index (χ3v) is 4.42. The zero-order valence-electron chi connectivity index (χ0n) is 13.4. The number of rotatable bonds is 6. The molecule has 0 saturated carbocycles. The highest BCUT2D eigenvalue weighted by molar-refractivity contribution is 5.74. The van der Waals surface area contributed by atoms with Crippen LogP contribution < -0.4 is 0 Å². The minimum atomic E-state index is -0.658. The molecule has 22 heavy (non-hydrogen) atoms. The molecule has 0 radical (unpaired) electrons. The Balaban J connectivity index is 2.14. The molecular weight excluding hydrogens is 284 g/mol. The van der Waals surface area contributed by atoms with Gasteiger partial charge in [0.05, 0.1) is 6.04 Å².